The fourth-order valence-electron chi connectivity index (χ4n) is 3.72. The van der Waals surface area contributed by atoms with Gasteiger partial charge in [-0.25, -0.2) is 0 Å². The van der Waals surface area contributed by atoms with Gasteiger partial charge in [-0.05, 0) is 55.3 Å². The van der Waals surface area contributed by atoms with Gasteiger partial charge in [0.05, 0.1) is 15.9 Å². The molecule has 0 bridgehead atoms. The van der Waals surface area contributed by atoms with Crippen molar-refractivity contribution >= 4 is 39.6 Å². The normalized spacial score (nSPS) is 9.72. The first-order valence-corrected chi connectivity index (χ1v) is 12.3. The summed E-state index contributed by atoms with van der Waals surface area (Å²) in [4.78, 5) is 27.5. The van der Waals surface area contributed by atoms with Gasteiger partial charge < -0.3 is 5.73 Å². The minimum absolute atomic E-state index is 0.0591. The standard InChI is InChI=1S/C17H14ClNO.C10H7NO.C2H6.CH5N/c1-2-13-11-12-7-6-10-15(18)16(12)17(20)19(13)14-8-4-3-5-9-14;12-7-9-4-1-3-8-5-2-6-11-10(8)9;2*1-2/h3-11H,2H2,1H3;1-7H;1-2H3;2H2,1H3. The summed E-state index contributed by atoms with van der Waals surface area (Å²) < 4.78 is 1.74. The van der Waals surface area contributed by atoms with Gasteiger partial charge in [-0.2, -0.15) is 0 Å². The monoisotopic (exact) mass is 501 g/mol. The Morgan fingerprint density at radius 2 is 1.53 bits per heavy atom. The lowest BCUT2D eigenvalue weighted by atomic mass is 10.1. The van der Waals surface area contributed by atoms with E-state index in [0.29, 0.717) is 16.0 Å². The van der Waals surface area contributed by atoms with E-state index in [-0.39, 0.29) is 5.56 Å². The molecule has 0 radical (unpaired) electrons. The van der Waals surface area contributed by atoms with Crippen molar-refractivity contribution in [3.8, 4) is 5.69 Å². The summed E-state index contributed by atoms with van der Waals surface area (Å²) >= 11 is 6.20. The molecule has 0 aliphatic carbocycles. The summed E-state index contributed by atoms with van der Waals surface area (Å²) in [5.74, 6) is 0. The van der Waals surface area contributed by atoms with Gasteiger partial charge >= 0.3 is 0 Å². The number of aromatic nitrogens is 2. The zero-order chi connectivity index (χ0) is 26.5. The van der Waals surface area contributed by atoms with Crippen molar-refractivity contribution < 1.29 is 4.79 Å². The molecule has 0 saturated carbocycles. The Bertz CT molecular complexity index is 1460. The van der Waals surface area contributed by atoms with Gasteiger partial charge in [0.25, 0.3) is 5.56 Å². The van der Waals surface area contributed by atoms with Gasteiger partial charge in [0, 0.05) is 28.5 Å². The molecule has 6 heteroatoms. The van der Waals surface area contributed by atoms with Crippen LogP contribution < -0.4 is 11.3 Å². The Morgan fingerprint density at radius 1 is 0.889 bits per heavy atom. The van der Waals surface area contributed by atoms with Crippen molar-refractivity contribution in [1.29, 1.82) is 0 Å². The Labute approximate surface area is 217 Å². The maximum absolute atomic E-state index is 12.8. The maximum Gasteiger partial charge on any atom is 0.264 e. The number of halogens is 1. The molecule has 2 N–H and O–H groups in total. The number of para-hydroxylation sites is 2. The summed E-state index contributed by atoms with van der Waals surface area (Å²) in [6.07, 6.45) is 3.30. The number of hydrogen-bond acceptors (Lipinski definition) is 4. The van der Waals surface area contributed by atoms with Crippen molar-refractivity contribution in [2.24, 2.45) is 5.73 Å². The van der Waals surface area contributed by atoms with Crippen LogP contribution in [-0.2, 0) is 6.42 Å². The molecule has 186 valence electrons. The first kappa shape index (κ1) is 28.4. The van der Waals surface area contributed by atoms with Crippen LogP contribution in [0.3, 0.4) is 0 Å². The SMILES string of the molecule is CC.CCc1cc2cccc(Cl)c2c(=O)n1-c1ccccc1.CN.O=Cc1cccc2cccnc12. The first-order chi connectivity index (χ1) is 17.6. The van der Waals surface area contributed by atoms with Gasteiger partial charge in [0.2, 0.25) is 0 Å². The third kappa shape index (κ3) is 6.45. The predicted octanol–water partition coefficient (Wildman–Crippen LogP) is 6.85. The molecule has 2 heterocycles. The molecule has 0 amide bonds. The van der Waals surface area contributed by atoms with E-state index in [1.54, 1.807) is 22.9 Å². The number of carbonyl (C=O) groups excluding carboxylic acids is 1. The molecule has 0 spiro atoms. The van der Waals surface area contributed by atoms with Crippen LogP contribution in [-0.4, -0.2) is 22.9 Å². The molecular formula is C30H32ClN3O2. The lowest BCUT2D eigenvalue weighted by Gasteiger charge is -2.14. The number of hydrogen-bond donors (Lipinski definition) is 1. The van der Waals surface area contributed by atoms with Crippen LogP contribution >= 0.6 is 11.6 Å². The Kier molecular flexibility index (Phi) is 11.5. The quantitative estimate of drug-likeness (QED) is 0.274. The topological polar surface area (TPSA) is 78.0 Å². The molecule has 2 aromatic heterocycles. The molecule has 0 unspecified atom stereocenters. The molecule has 0 atom stereocenters. The van der Waals surface area contributed by atoms with Crippen LogP contribution in [0.15, 0.2) is 95.9 Å². The van der Waals surface area contributed by atoms with E-state index < -0.39 is 0 Å². The van der Waals surface area contributed by atoms with Gasteiger partial charge in [-0.3, -0.25) is 19.1 Å². The molecular weight excluding hydrogens is 470 g/mol. The maximum atomic E-state index is 12.8. The number of benzene rings is 3. The van der Waals surface area contributed by atoms with Crippen molar-refractivity contribution in [3.63, 3.8) is 0 Å². The van der Waals surface area contributed by atoms with Crippen LogP contribution in [0.1, 0.15) is 36.8 Å². The summed E-state index contributed by atoms with van der Waals surface area (Å²) in [5, 5.41) is 2.98. The van der Waals surface area contributed by atoms with E-state index in [1.807, 2.05) is 93.6 Å². The number of pyridine rings is 2. The van der Waals surface area contributed by atoms with Crippen molar-refractivity contribution in [2.45, 2.75) is 27.2 Å². The highest BCUT2D eigenvalue weighted by Gasteiger charge is 2.11. The average molecular weight is 502 g/mol. The summed E-state index contributed by atoms with van der Waals surface area (Å²) in [7, 11) is 1.50. The predicted molar refractivity (Wildman–Crippen MR) is 153 cm³/mol. The van der Waals surface area contributed by atoms with Gasteiger partial charge in [0.15, 0.2) is 6.29 Å². The van der Waals surface area contributed by atoms with Crippen LogP contribution in [0.4, 0.5) is 0 Å². The van der Waals surface area contributed by atoms with E-state index in [2.05, 4.69) is 10.7 Å². The van der Waals surface area contributed by atoms with Crippen LogP contribution in [0, 0.1) is 0 Å². The lowest BCUT2D eigenvalue weighted by molar-refractivity contribution is 0.112. The highest BCUT2D eigenvalue weighted by atomic mass is 35.5. The second-order valence-corrected chi connectivity index (χ2v) is 7.62. The zero-order valence-electron chi connectivity index (χ0n) is 21.1. The van der Waals surface area contributed by atoms with E-state index >= 15 is 0 Å². The highest BCUT2D eigenvalue weighted by Crippen LogP contribution is 2.22. The van der Waals surface area contributed by atoms with E-state index in [1.165, 1.54) is 7.05 Å². The smallest absolute Gasteiger partial charge is 0.264 e. The van der Waals surface area contributed by atoms with Gasteiger partial charge in [-0.1, -0.05) is 80.9 Å². The first-order valence-electron chi connectivity index (χ1n) is 11.9. The molecule has 5 nitrogen and oxygen atoms in total. The molecule has 5 rings (SSSR count). The van der Waals surface area contributed by atoms with Crippen LogP contribution in [0.2, 0.25) is 5.02 Å². The van der Waals surface area contributed by atoms with Crippen molar-refractivity contribution in [3.05, 3.63) is 118 Å². The largest absolute Gasteiger partial charge is 0.333 e. The molecule has 0 aliphatic heterocycles. The minimum Gasteiger partial charge on any atom is -0.333 e. The average Bonchev–Trinajstić information content (AvgIpc) is 2.95. The highest BCUT2D eigenvalue weighted by molar-refractivity contribution is 6.35. The minimum atomic E-state index is -0.0591. The van der Waals surface area contributed by atoms with E-state index in [9.17, 15) is 9.59 Å². The number of aryl methyl sites for hydroxylation is 1. The van der Waals surface area contributed by atoms with E-state index in [0.717, 1.165) is 40.4 Å². The van der Waals surface area contributed by atoms with E-state index in [4.69, 9.17) is 11.6 Å². The third-order valence-electron chi connectivity index (χ3n) is 5.24. The van der Waals surface area contributed by atoms with Gasteiger partial charge in [-0.15, -0.1) is 0 Å². The summed E-state index contributed by atoms with van der Waals surface area (Å²) in [5.41, 5.74) is 7.71. The second kappa shape index (κ2) is 14.6. The van der Waals surface area contributed by atoms with Crippen molar-refractivity contribution in [1.82, 2.24) is 9.55 Å². The van der Waals surface area contributed by atoms with Gasteiger partial charge in [0.1, 0.15) is 0 Å². The Morgan fingerprint density at radius 3 is 2.19 bits per heavy atom. The molecule has 5 aromatic rings. The fourth-order valence-corrected chi connectivity index (χ4v) is 3.98. The van der Waals surface area contributed by atoms with Crippen LogP contribution in [0.5, 0.6) is 0 Å². The number of carbonyl (C=O) groups is 1. The van der Waals surface area contributed by atoms with Crippen LogP contribution in [0.25, 0.3) is 27.4 Å². The fraction of sp³-hybridized carbons (Fsp3) is 0.167. The molecule has 36 heavy (non-hydrogen) atoms. The Balaban J connectivity index is 0.000000244. The zero-order valence-corrected chi connectivity index (χ0v) is 21.9. The number of fused-ring (bicyclic) bond motifs is 2. The summed E-state index contributed by atoms with van der Waals surface area (Å²) in [6, 6.07) is 26.6. The third-order valence-corrected chi connectivity index (χ3v) is 5.55. The molecule has 0 aliphatic rings. The number of nitrogens with two attached hydrogens (primary N) is 1. The molecule has 3 aromatic carbocycles. The second-order valence-electron chi connectivity index (χ2n) is 7.21. The summed E-state index contributed by atoms with van der Waals surface area (Å²) in [6.45, 7) is 6.05. The Hall–Kier alpha value is -3.80. The lowest BCUT2D eigenvalue weighted by Crippen LogP contribution is -2.22. The number of nitrogens with zero attached hydrogens (tertiary/aromatic N) is 2. The molecule has 0 saturated heterocycles. The van der Waals surface area contributed by atoms with Crippen molar-refractivity contribution in [2.75, 3.05) is 7.05 Å². The number of aldehydes is 1. The number of rotatable bonds is 3. The molecule has 0 fully saturated rings.